The van der Waals surface area contributed by atoms with Gasteiger partial charge in [0.05, 0.1) is 24.3 Å². The zero-order valence-corrected chi connectivity index (χ0v) is 12.5. The van der Waals surface area contributed by atoms with Gasteiger partial charge >= 0.3 is 5.69 Å². The Morgan fingerprint density at radius 1 is 1.50 bits per heavy atom. The number of morpholine rings is 1. The SMILES string of the molecule is Cn1cc(C2(C)CN(c3ncccc3[N+](=O)[O-])CCO2)cn1. The Bertz CT molecular complexity index is 701. The molecule has 0 saturated carbocycles. The van der Waals surface area contributed by atoms with Gasteiger partial charge in [-0.25, -0.2) is 4.98 Å². The Morgan fingerprint density at radius 3 is 3.00 bits per heavy atom. The molecule has 1 atom stereocenters. The summed E-state index contributed by atoms with van der Waals surface area (Å²) < 4.78 is 7.64. The largest absolute Gasteiger partial charge is 0.367 e. The smallest absolute Gasteiger partial charge is 0.311 e. The average molecular weight is 303 g/mol. The highest BCUT2D eigenvalue weighted by molar-refractivity contribution is 5.57. The molecule has 2 aromatic heterocycles. The number of pyridine rings is 1. The Labute approximate surface area is 127 Å². The standard InChI is InChI=1S/C14H17N5O3/c1-14(11-8-16-17(2)9-11)10-18(6-7-22-14)13-12(19(20)21)4-3-5-15-13/h3-5,8-9H,6-7,10H2,1-2H3. The first-order chi connectivity index (χ1) is 10.5. The van der Waals surface area contributed by atoms with Gasteiger partial charge in [0.25, 0.3) is 0 Å². The topological polar surface area (TPSA) is 86.3 Å². The summed E-state index contributed by atoms with van der Waals surface area (Å²) >= 11 is 0. The minimum atomic E-state index is -0.572. The summed E-state index contributed by atoms with van der Waals surface area (Å²) in [7, 11) is 1.84. The quantitative estimate of drug-likeness (QED) is 0.630. The number of nitrogens with zero attached hydrogens (tertiary/aromatic N) is 5. The van der Waals surface area contributed by atoms with Gasteiger partial charge in [-0.1, -0.05) is 0 Å². The molecule has 0 radical (unpaired) electrons. The van der Waals surface area contributed by atoms with Crippen LogP contribution in [0.4, 0.5) is 11.5 Å². The maximum atomic E-state index is 11.2. The van der Waals surface area contributed by atoms with Gasteiger partial charge in [0.15, 0.2) is 0 Å². The van der Waals surface area contributed by atoms with Gasteiger partial charge in [-0.15, -0.1) is 0 Å². The molecule has 8 nitrogen and oxygen atoms in total. The first-order valence-corrected chi connectivity index (χ1v) is 6.97. The lowest BCUT2D eigenvalue weighted by Gasteiger charge is -2.40. The van der Waals surface area contributed by atoms with E-state index in [1.807, 2.05) is 25.1 Å². The molecule has 1 aliphatic heterocycles. The van der Waals surface area contributed by atoms with Crippen LogP contribution in [0, 0.1) is 10.1 Å². The van der Waals surface area contributed by atoms with Crippen molar-refractivity contribution in [1.82, 2.24) is 14.8 Å². The summed E-state index contributed by atoms with van der Waals surface area (Å²) in [4.78, 5) is 16.9. The van der Waals surface area contributed by atoms with E-state index in [0.717, 1.165) is 5.56 Å². The zero-order valence-electron chi connectivity index (χ0n) is 12.5. The summed E-state index contributed by atoms with van der Waals surface area (Å²) in [5, 5.41) is 15.4. The highest BCUT2D eigenvalue weighted by atomic mass is 16.6. The second kappa shape index (κ2) is 5.38. The monoisotopic (exact) mass is 303 g/mol. The van der Waals surface area contributed by atoms with E-state index in [1.165, 1.54) is 6.07 Å². The third-order valence-electron chi connectivity index (χ3n) is 3.85. The third-order valence-corrected chi connectivity index (χ3v) is 3.85. The fraction of sp³-hybridized carbons (Fsp3) is 0.429. The van der Waals surface area contributed by atoms with E-state index in [9.17, 15) is 10.1 Å². The van der Waals surface area contributed by atoms with E-state index in [4.69, 9.17) is 4.74 Å². The van der Waals surface area contributed by atoms with E-state index in [-0.39, 0.29) is 5.69 Å². The molecule has 0 aromatic carbocycles. The first kappa shape index (κ1) is 14.5. The molecule has 3 heterocycles. The molecule has 22 heavy (non-hydrogen) atoms. The Hall–Kier alpha value is -2.48. The first-order valence-electron chi connectivity index (χ1n) is 6.97. The Balaban J connectivity index is 1.92. The summed E-state index contributed by atoms with van der Waals surface area (Å²) in [6.45, 7) is 3.48. The van der Waals surface area contributed by atoms with Crippen LogP contribution in [0.3, 0.4) is 0 Å². The lowest BCUT2D eigenvalue weighted by atomic mass is 9.97. The van der Waals surface area contributed by atoms with Gasteiger partial charge in [0.2, 0.25) is 5.82 Å². The summed E-state index contributed by atoms with van der Waals surface area (Å²) in [6, 6.07) is 3.04. The molecule has 2 aromatic rings. The lowest BCUT2D eigenvalue weighted by molar-refractivity contribution is -0.384. The van der Waals surface area contributed by atoms with Crippen LogP contribution >= 0.6 is 0 Å². The van der Waals surface area contributed by atoms with E-state index in [2.05, 4.69) is 10.1 Å². The van der Waals surface area contributed by atoms with E-state index < -0.39 is 10.5 Å². The molecule has 1 saturated heterocycles. The van der Waals surface area contributed by atoms with Crippen molar-refractivity contribution < 1.29 is 9.66 Å². The fourth-order valence-electron chi connectivity index (χ4n) is 2.69. The third kappa shape index (κ3) is 2.52. The maximum Gasteiger partial charge on any atom is 0.311 e. The van der Waals surface area contributed by atoms with Gasteiger partial charge in [-0.05, 0) is 13.0 Å². The molecule has 3 rings (SSSR count). The molecule has 8 heteroatoms. The highest BCUT2D eigenvalue weighted by Gasteiger charge is 2.37. The van der Waals surface area contributed by atoms with Crippen LogP contribution in [0.2, 0.25) is 0 Å². The molecular formula is C14H17N5O3. The summed E-state index contributed by atoms with van der Waals surface area (Å²) in [6.07, 6.45) is 5.23. The predicted octanol–water partition coefficient (Wildman–Crippen LogP) is 1.48. The average Bonchev–Trinajstić information content (AvgIpc) is 2.95. The molecule has 1 fully saturated rings. The van der Waals surface area contributed by atoms with Crippen LogP contribution in [-0.2, 0) is 17.4 Å². The molecule has 1 unspecified atom stereocenters. The van der Waals surface area contributed by atoms with Crippen molar-refractivity contribution in [3.8, 4) is 0 Å². The Morgan fingerprint density at radius 2 is 2.32 bits per heavy atom. The number of aryl methyl sites for hydroxylation is 1. The molecular weight excluding hydrogens is 286 g/mol. The number of anilines is 1. The van der Waals surface area contributed by atoms with Crippen molar-refractivity contribution >= 4 is 11.5 Å². The van der Waals surface area contributed by atoms with Crippen LogP contribution in [-0.4, -0.2) is 39.4 Å². The van der Waals surface area contributed by atoms with Crippen molar-refractivity contribution in [2.45, 2.75) is 12.5 Å². The normalized spacial score (nSPS) is 21.8. The summed E-state index contributed by atoms with van der Waals surface area (Å²) in [5.41, 5.74) is 0.383. The van der Waals surface area contributed by atoms with Gasteiger partial charge in [0, 0.05) is 37.6 Å². The van der Waals surface area contributed by atoms with Crippen LogP contribution in [0.1, 0.15) is 12.5 Å². The highest BCUT2D eigenvalue weighted by Crippen LogP contribution is 2.33. The molecule has 0 aliphatic carbocycles. The minimum Gasteiger partial charge on any atom is -0.367 e. The van der Waals surface area contributed by atoms with Gasteiger partial charge in [-0.2, -0.15) is 5.10 Å². The molecule has 1 aliphatic rings. The second-order valence-electron chi connectivity index (χ2n) is 5.51. The number of hydrogen-bond acceptors (Lipinski definition) is 6. The lowest BCUT2D eigenvalue weighted by Crippen LogP contribution is -2.48. The second-order valence-corrected chi connectivity index (χ2v) is 5.51. The van der Waals surface area contributed by atoms with E-state index in [0.29, 0.717) is 25.5 Å². The van der Waals surface area contributed by atoms with Gasteiger partial charge in [0.1, 0.15) is 5.60 Å². The van der Waals surface area contributed by atoms with Crippen LogP contribution in [0.15, 0.2) is 30.7 Å². The van der Waals surface area contributed by atoms with E-state index in [1.54, 1.807) is 23.1 Å². The number of ether oxygens (including phenoxy) is 1. The van der Waals surface area contributed by atoms with Gasteiger partial charge < -0.3 is 9.64 Å². The van der Waals surface area contributed by atoms with Crippen molar-refractivity contribution in [3.63, 3.8) is 0 Å². The molecule has 0 N–H and O–H groups in total. The molecule has 0 bridgehead atoms. The predicted molar refractivity (Wildman–Crippen MR) is 79.6 cm³/mol. The molecule has 0 amide bonds. The van der Waals surface area contributed by atoms with Crippen LogP contribution < -0.4 is 4.90 Å². The molecule has 0 spiro atoms. The van der Waals surface area contributed by atoms with Crippen molar-refractivity contribution in [2.75, 3.05) is 24.6 Å². The van der Waals surface area contributed by atoms with Crippen molar-refractivity contribution in [1.29, 1.82) is 0 Å². The van der Waals surface area contributed by atoms with Crippen molar-refractivity contribution in [2.24, 2.45) is 7.05 Å². The van der Waals surface area contributed by atoms with Crippen LogP contribution in [0.25, 0.3) is 0 Å². The van der Waals surface area contributed by atoms with Crippen LogP contribution in [0.5, 0.6) is 0 Å². The Kier molecular flexibility index (Phi) is 3.53. The van der Waals surface area contributed by atoms with Gasteiger partial charge in [-0.3, -0.25) is 14.8 Å². The number of rotatable bonds is 3. The summed E-state index contributed by atoms with van der Waals surface area (Å²) in [5.74, 6) is 0.380. The number of aromatic nitrogens is 3. The fourth-order valence-corrected chi connectivity index (χ4v) is 2.69. The maximum absolute atomic E-state index is 11.2. The molecule has 116 valence electrons. The number of nitro groups is 1. The van der Waals surface area contributed by atoms with E-state index >= 15 is 0 Å². The van der Waals surface area contributed by atoms with Crippen molar-refractivity contribution in [3.05, 3.63) is 46.4 Å². The number of hydrogen-bond donors (Lipinski definition) is 0. The minimum absolute atomic E-state index is 0.0120. The zero-order chi connectivity index (χ0) is 15.7.